The molecule has 1 fully saturated rings. The number of amides is 3. The van der Waals surface area contributed by atoms with Crippen LogP contribution in [0.2, 0.25) is 0 Å². The molecule has 5 heteroatoms. The minimum atomic E-state index is -0.384. The first kappa shape index (κ1) is 20.7. The zero-order valence-electron chi connectivity index (χ0n) is 17.6. The summed E-state index contributed by atoms with van der Waals surface area (Å²) in [6, 6.07) is 27.4. The topological polar surface area (TPSA) is 61.4 Å². The molecule has 3 amide bonds. The van der Waals surface area contributed by atoms with Gasteiger partial charge in [-0.2, -0.15) is 0 Å². The quantitative estimate of drug-likeness (QED) is 0.602. The summed E-state index contributed by atoms with van der Waals surface area (Å²) in [5, 5.41) is 5.52. The molecular weight excluding hydrogens is 386 g/mol. The van der Waals surface area contributed by atoms with Crippen molar-refractivity contribution < 1.29 is 9.59 Å². The van der Waals surface area contributed by atoms with Crippen LogP contribution in [0.3, 0.4) is 0 Å². The van der Waals surface area contributed by atoms with E-state index in [9.17, 15) is 9.59 Å². The van der Waals surface area contributed by atoms with Crippen LogP contribution in [0.15, 0.2) is 84.9 Å². The highest BCUT2D eigenvalue weighted by molar-refractivity contribution is 5.92. The van der Waals surface area contributed by atoms with Crippen molar-refractivity contribution in [1.82, 2.24) is 10.2 Å². The Kier molecular flexibility index (Phi) is 6.32. The molecular formula is C26H27N3O2. The SMILES string of the molecule is Cc1cccc(NC(=O)NCC(=O)N2C(c3ccccc3)CCC2c2ccccc2)c1. The fourth-order valence-corrected chi connectivity index (χ4v) is 4.31. The fraction of sp³-hybridized carbons (Fsp3) is 0.231. The number of benzene rings is 3. The highest BCUT2D eigenvalue weighted by atomic mass is 16.2. The standard InChI is InChI=1S/C26H27N3O2/c1-19-9-8-14-22(17-19)28-26(31)27-18-25(30)29-23(20-10-4-2-5-11-20)15-16-24(29)21-12-6-3-7-13-21/h2-14,17,23-24H,15-16,18H2,1H3,(H2,27,28,31). The molecule has 3 aromatic rings. The van der Waals surface area contributed by atoms with Gasteiger partial charge in [0.25, 0.3) is 0 Å². The summed E-state index contributed by atoms with van der Waals surface area (Å²) >= 11 is 0. The third-order valence-electron chi connectivity index (χ3n) is 5.72. The van der Waals surface area contributed by atoms with Gasteiger partial charge in [-0.15, -0.1) is 0 Å². The van der Waals surface area contributed by atoms with Crippen LogP contribution >= 0.6 is 0 Å². The van der Waals surface area contributed by atoms with Gasteiger partial charge in [-0.3, -0.25) is 4.79 Å². The first-order valence-electron chi connectivity index (χ1n) is 10.6. The molecule has 4 rings (SSSR count). The van der Waals surface area contributed by atoms with E-state index in [0.29, 0.717) is 5.69 Å². The van der Waals surface area contributed by atoms with Crippen molar-refractivity contribution >= 4 is 17.6 Å². The van der Waals surface area contributed by atoms with Gasteiger partial charge in [-0.25, -0.2) is 4.79 Å². The monoisotopic (exact) mass is 413 g/mol. The number of carbonyl (C=O) groups excluding carboxylic acids is 2. The van der Waals surface area contributed by atoms with Crippen LogP contribution < -0.4 is 10.6 Å². The van der Waals surface area contributed by atoms with Gasteiger partial charge in [0.2, 0.25) is 5.91 Å². The number of nitrogens with zero attached hydrogens (tertiary/aromatic N) is 1. The maximum atomic E-state index is 13.3. The summed E-state index contributed by atoms with van der Waals surface area (Å²) < 4.78 is 0. The lowest BCUT2D eigenvalue weighted by atomic mass is 10.0. The lowest BCUT2D eigenvalue weighted by Gasteiger charge is -2.31. The van der Waals surface area contributed by atoms with E-state index in [0.717, 1.165) is 29.5 Å². The van der Waals surface area contributed by atoms with Crippen LogP contribution in [0, 0.1) is 6.92 Å². The molecule has 0 spiro atoms. The predicted octanol–water partition coefficient (Wildman–Crippen LogP) is 5.22. The molecule has 1 aliphatic rings. The Balaban J connectivity index is 1.48. The first-order chi connectivity index (χ1) is 15.1. The average molecular weight is 414 g/mol. The van der Waals surface area contributed by atoms with Crippen LogP contribution in [0.25, 0.3) is 0 Å². The van der Waals surface area contributed by atoms with Crippen molar-refractivity contribution in [2.75, 3.05) is 11.9 Å². The average Bonchev–Trinajstić information content (AvgIpc) is 3.24. The summed E-state index contributed by atoms with van der Waals surface area (Å²) in [6.45, 7) is 1.91. The zero-order chi connectivity index (χ0) is 21.6. The molecule has 0 aromatic heterocycles. The number of aryl methyl sites for hydroxylation is 1. The molecule has 31 heavy (non-hydrogen) atoms. The lowest BCUT2D eigenvalue weighted by Crippen LogP contribution is -2.42. The van der Waals surface area contributed by atoms with Crippen LogP contribution in [0.4, 0.5) is 10.5 Å². The Hall–Kier alpha value is -3.60. The second kappa shape index (κ2) is 9.47. The van der Waals surface area contributed by atoms with Gasteiger partial charge in [0.05, 0.1) is 18.6 Å². The third-order valence-corrected chi connectivity index (χ3v) is 5.72. The number of anilines is 1. The molecule has 0 aliphatic carbocycles. The van der Waals surface area contributed by atoms with Gasteiger partial charge in [-0.05, 0) is 48.6 Å². The van der Waals surface area contributed by atoms with Gasteiger partial charge >= 0.3 is 6.03 Å². The summed E-state index contributed by atoms with van der Waals surface area (Å²) in [4.78, 5) is 27.6. The molecule has 1 saturated heterocycles. The molecule has 2 unspecified atom stereocenters. The van der Waals surface area contributed by atoms with Crippen molar-refractivity contribution in [1.29, 1.82) is 0 Å². The normalized spacial score (nSPS) is 17.9. The molecule has 0 radical (unpaired) electrons. The number of likely N-dealkylation sites (tertiary alicyclic amines) is 1. The first-order valence-corrected chi connectivity index (χ1v) is 10.6. The minimum Gasteiger partial charge on any atom is -0.329 e. The highest BCUT2D eigenvalue weighted by Gasteiger charge is 2.38. The number of carbonyl (C=O) groups is 2. The van der Waals surface area contributed by atoms with Crippen molar-refractivity contribution in [3.8, 4) is 0 Å². The van der Waals surface area contributed by atoms with E-state index >= 15 is 0 Å². The molecule has 158 valence electrons. The zero-order valence-corrected chi connectivity index (χ0v) is 17.6. The van der Waals surface area contributed by atoms with E-state index in [2.05, 4.69) is 34.9 Å². The predicted molar refractivity (Wildman–Crippen MR) is 123 cm³/mol. The van der Waals surface area contributed by atoms with Crippen LogP contribution in [-0.4, -0.2) is 23.4 Å². The maximum Gasteiger partial charge on any atom is 0.319 e. The highest BCUT2D eigenvalue weighted by Crippen LogP contribution is 2.43. The van der Waals surface area contributed by atoms with Gasteiger partial charge < -0.3 is 15.5 Å². The van der Waals surface area contributed by atoms with Gasteiger partial charge in [0.15, 0.2) is 0 Å². The molecule has 0 bridgehead atoms. The van der Waals surface area contributed by atoms with Crippen LogP contribution in [-0.2, 0) is 4.79 Å². The summed E-state index contributed by atoms with van der Waals surface area (Å²) in [6.07, 6.45) is 1.79. The Morgan fingerprint density at radius 2 is 1.42 bits per heavy atom. The van der Waals surface area contributed by atoms with Gasteiger partial charge in [0, 0.05) is 5.69 Å². The molecule has 1 aliphatic heterocycles. The van der Waals surface area contributed by atoms with Crippen LogP contribution in [0.1, 0.15) is 41.6 Å². The van der Waals surface area contributed by atoms with Crippen molar-refractivity contribution in [3.05, 3.63) is 102 Å². The summed E-state index contributed by atoms with van der Waals surface area (Å²) in [5.74, 6) is -0.0837. The lowest BCUT2D eigenvalue weighted by molar-refractivity contribution is -0.133. The van der Waals surface area contributed by atoms with Gasteiger partial charge in [-0.1, -0.05) is 72.8 Å². The summed E-state index contributed by atoms with van der Waals surface area (Å²) in [7, 11) is 0. The Morgan fingerprint density at radius 1 is 0.839 bits per heavy atom. The third kappa shape index (κ3) is 4.94. The van der Waals surface area contributed by atoms with E-state index in [1.54, 1.807) is 0 Å². The summed E-state index contributed by atoms with van der Waals surface area (Å²) in [5.41, 5.74) is 4.01. The number of hydrogen-bond acceptors (Lipinski definition) is 2. The van der Waals surface area contributed by atoms with E-state index in [-0.39, 0.29) is 30.6 Å². The largest absolute Gasteiger partial charge is 0.329 e. The molecule has 2 atom stereocenters. The number of hydrogen-bond donors (Lipinski definition) is 2. The van der Waals surface area contributed by atoms with E-state index in [4.69, 9.17) is 0 Å². The van der Waals surface area contributed by atoms with E-state index < -0.39 is 0 Å². The Bertz CT molecular complexity index is 989. The van der Waals surface area contributed by atoms with E-state index in [1.807, 2.05) is 72.5 Å². The second-order valence-electron chi connectivity index (χ2n) is 7.91. The number of nitrogens with one attached hydrogen (secondary N) is 2. The van der Waals surface area contributed by atoms with Crippen LogP contribution in [0.5, 0.6) is 0 Å². The number of rotatable bonds is 5. The second-order valence-corrected chi connectivity index (χ2v) is 7.91. The molecule has 2 N–H and O–H groups in total. The Morgan fingerprint density at radius 3 is 1.97 bits per heavy atom. The van der Waals surface area contributed by atoms with Crippen molar-refractivity contribution in [2.24, 2.45) is 0 Å². The minimum absolute atomic E-state index is 0.000500. The molecule has 1 heterocycles. The molecule has 5 nitrogen and oxygen atoms in total. The maximum absolute atomic E-state index is 13.3. The molecule has 3 aromatic carbocycles. The Labute approximate surface area is 183 Å². The fourth-order valence-electron chi connectivity index (χ4n) is 4.31. The van der Waals surface area contributed by atoms with E-state index in [1.165, 1.54) is 0 Å². The van der Waals surface area contributed by atoms with Crippen molar-refractivity contribution in [3.63, 3.8) is 0 Å². The van der Waals surface area contributed by atoms with Crippen molar-refractivity contribution in [2.45, 2.75) is 31.8 Å². The number of urea groups is 1. The molecule has 0 saturated carbocycles. The smallest absolute Gasteiger partial charge is 0.319 e. The van der Waals surface area contributed by atoms with Gasteiger partial charge in [0.1, 0.15) is 0 Å².